The lowest BCUT2D eigenvalue weighted by molar-refractivity contribution is -0.117. The Morgan fingerprint density at radius 1 is 1.10 bits per heavy atom. The molecule has 0 atom stereocenters. The number of aryl methyl sites for hydroxylation is 2. The lowest BCUT2D eigenvalue weighted by atomic mass is 10.1. The van der Waals surface area contributed by atoms with Crippen molar-refractivity contribution < 1.29 is 14.3 Å². The quantitative estimate of drug-likeness (QED) is 0.704. The fraction of sp³-hybridized carbons (Fsp3) is 0.455. The highest BCUT2D eigenvalue weighted by Crippen LogP contribution is 2.29. The number of hydrogen-bond donors (Lipinski definition) is 1. The molecular formula is C22H29N3O3S. The first-order valence-electron chi connectivity index (χ1n) is 9.99. The standard InChI is InChI=1S/C22H29N3O3S/c1-4-18-13-19(22(27)28-3)21(29-18)23-20(26)15-25-11-9-24(10-12-25)14-17-7-5-16(2)6-8-17/h5-8,13H,4,9-12,14-15H2,1-3H3,(H,23,26). The van der Waals surface area contributed by atoms with Crippen molar-refractivity contribution >= 4 is 28.2 Å². The molecule has 6 nitrogen and oxygen atoms in total. The first kappa shape index (κ1) is 21.5. The Bertz CT molecular complexity index is 839. The van der Waals surface area contributed by atoms with E-state index in [1.165, 1.54) is 29.6 Å². The number of hydrogen-bond acceptors (Lipinski definition) is 6. The summed E-state index contributed by atoms with van der Waals surface area (Å²) in [6.45, 7) is 8.98. The molecule has 29 heavy (non-hydrogen) atoms. The molecule has 0 bridgehead atoms. The molecule has 1 fully saturated rings. The first-order chi connectivity index (χ1) is 14.0. The van der Waals surface area contributed by atoms with Gasteiger partial charge in [-0.25, -0.2) is 4.79 Å². The predicted octanol–water partition coefficient (Wildman–Crippen LogP) is 3.16. The van der Waals surface area contributed by atoms with Gasteiger partial charge in [0.15, 0.2) is 0 Å². The normalized spacial score (nSPS) is 15.3. The number of ether oxygens (including phenoxy) is 1. The zero-order chi connectivity index (χ0) is 20.8. The van der Waals surface area contributed by atoms with Gasteiger partial charge in [0, 0.05) is 37.6 Å². The van der Waals surface area contributed by atoms with Gasteiger partial charge >= 0.3 is 5.97 Å². The molecule has 7 heteroatoms. The van der Waals surface area contributed by atoms with Crippen LogP contribution in [0, 0.1) is 6.92 Å². The van der Waals surface area contributed by atoms with Crippen molar-refractivity contribution in [3.05, 3.63) is 51.9 Å². The van der Waals surface area contributed by atoms with Crippen LogP contribution in [0.2, 0.25) is 0 Å². The van der Waals surface area contributed by atoms with E-state index >= 15 is 0 Å². The maximum Gasteiger partial charge on any atom is 0.340 e. The monoisotopic (exact) mass is 415 g/mol. The number of nitrogens with zero attached hydrogens (tertiary/aromatic N) is 2. The number of benzene rings is 1. The van der Waals surface area contributed by atoms with E-state index in [0.29, 0.717) is 17.1 Å². The zero-order valence-corrected chi connectivity index (χ0v) is 18.2. The minimum atomic E-state index is -0.416. The molecule has 0 spiro atoms. The molecule has 2 aromatic rings. The van der Waals surface area contributed by atoms with Crippen LogP contribution in [0.25, 0.3) is 0 Å². The maximum atomic E-state index is 12.5. The first-order valence-corrected chi connectivity index (χ1v) is 10.8. The highest BCUT2D eigenvalue weighted by molar-refractivity contribution is 7.16. The van der Waals surface area contributed by atoms with E-state index in [1.807, 2.05) is 6.92 Å². The van der Waals surface area contributed by atoms with Gasteiger partial charge in [-0.2, -0.15) is 0 Å². The smallest absolute Gasteiger partial charge is 0.340 e. The molecule has 0 unspecified atom stereocenters. The summed E-state index contributed by atoms with van der Waals surface area (Å²) in [5, 5.41) is 3.49. The summed E-state index contributed by atoms with van der Waals surface area (Å²) < 4.78 is 4.83. The van der Waals surface area contributed by atoms with Gasteiger partial charge in [-0.05, 0) is 25.0 Å². The number of carbonyl (C=O) groups is 2. The minimum absolute atomic E-state index is 0.0911. The number of rotatable bonds is 7. The van der Waals surface area contributed by atoms with Gasteiger partial charge in [0.05, 0.1) is 19.2 Å². The fourth-order valence-corrected chi connectivity index (χ4v) is 4.40. The van der Waals surface area contributed by atoms with E-state index in [2.05, 4.69) is 46.3 Å². The predicted molar refractivity (Wildman–Crippen MR) is 117 cm³/mol. The maximum absolute atomic E-state index is 12.5. The van der Waals surface area contributed by atoms with Crippen LogP contribution in [0.3, 0.4) is 0 Å². The van der Waals surface area contributed by atoms with Crippen LogP contribution in [0.15, 0.2) is 30.3 Å². The van der Waals surface area contributed by atoms with E-state index in [-0.39, 0.29) is 5.91 Å². The number of nitrogens with one attached hydrogen (secondary N) is 1. The second-order valence-corrected chi connectivity index (χ2v) is 8.52. The molecule has 1 aliphatic heterocycles. The summed E-state index contributed by atoms with van der Waals surface area (Å²) in [6.07, 6.45) is 0.813. The third-order valence-corrected chi connectivity index (χ3v) is 6.34. The third kappa shape index (κ3) is 5.88. The zero-order valence-electron chi connectivity index (χ0n) is 17.4. The Kier molecular flexibility index (Phi) is 7.41. The summed E-state index contributed by atoms with van der Waals surface area (Å²) in [7, 11) is 1.35. The van der Waals surface area contributed by atoms with E-state index in [4.69, 9.17) is 4.74 Å². The van der Waals surface area contributed by atoms with E-state index < -0.39 is 5.97 Å². The molecule has 1 amide bonds. The van der Waals surface area contributed by atoms with Crippen molar-refractivity contribution in [1.82, 2.24) is 9.80 Å². The van der Waals surface area contributed by atoms with Gasteiger partial charge in [0.1, 0.15) is 5.00 Å². The second-order valence-electron chi connectivity index (χ2n) is 7.39. The number of esters is 1. The molecule has 1 aromatic heterocycles. The van der Waals surface area contributed by atoms with Gasteiger partial charge in [0.2, 0.25) is 5.91 Å². The van der Waals surface area contributed by atoms with E-state index in [0.717, 1.165) is 44.0 Å². The van der Waals surface area contributed by atoms with Gasteiger partial charge in [0.25, 0.3) is 0 Å². The number of anilines is 1. The molecule has 1 aromatic carbocycles. The van der Waals surface area contributed by atoms with Crippen molar-refractivity contribution in [2.45, 2.75) is 26.8 Å². The highest BCUT2D eigenvalue weighted by atomic mass is 32.1. The second kappa shape index (κ2) is 10.0. The number of methoxy groups -OCH3 is 1. The van der Waals surface area contributed by atoms with Crippen molar-refractivity contribution in [3.63, 3.8) is 0 Å². The van der Waals surface area contributed by atoms with Crippen molar-refractivity contribution in [3.8, 4) is 0 Å². The molecule has 0 radical (unpaired) electrons. The van der Waals surface area contributed by atoms with Crippen LogP contribution in [0.5, 0.6) is 0 Å². The summed E-state index contributed by atoms with van der Waals surface area (Å²) in [5.74, 6) is -0.507. The van der Waals surface area contributed by atoms with E-state index in [1.54, 1.807) is 6.07 Å². The number of piperazine rings is 1. The fourth-order valence-electron chi connectivity index (χ4n) is 3.40. The summed E-state index contributed by atoms with van der Waals surface area (Å²) in [5.41, 5.74) is 3.03. The molecule has 3 rings (SSSR count). The minimum Gasteiger partial charge on any atom is -0.465 e. The van der Waals surface area contributed by atoms with Gasteiger partial charge in [-0.1, -0.05) is 36.8 Å². The van der Waals surface area contributed by atoms with Crippen LogP contribution in [0.1, 0.15) is 33.3 Å². The number of carbonyl (C=O) groups excluding carboxylic acids is 2. The molecule has 1 saturated heterocycles. The average Bonchev–Trinajstić information content (AvgIpc) is 3.13. The van der Waals surface area contributed by atoms with Crippen LogP contribution in [-0.2, 0) is 22.5 Å². The summed E-state index contributed by atoms with van der Waals surface area (Å²) >= 11 is 1.44. The van der Waals surface area contributed by atoms with Gasteiger partial charge in [-0.3, -0.25) is 14.6 Å². The third-order valence-electron chi connectivity index (χ3n) is 5.15. The molecule has 0 saturated carbocycles. The summed E-state index contributed by atoms with van der Waals surface area (Å²) in [4.78, 5) is 30.1. The van der Waals surface area contributed by atoms with Crippen molar-refractivity contribution in [2.75, 3.05) is 45.2 Å². The van der Waals surface area contributed by atoms with Crippen molar-refractivity contribution in [2.24, 2.45) is 0 Å². The van der Waals surface area contributed by atoms with Crippen LogP contribution < -0.4 is 5.32 Å². The highest BCUT2D eigenvalue weighted by Gasteiger charge is 2.22. The van der Waals surface area contributed by atoms with Gasteiger partial charge in [-0.15, -0.1) is 11.3 Å². The Balaban J connectivity index is 1.49. The molecule has 1 aliphatic rings. The SMILES string of the molecule is CCc1cc(C(=O)OC)c(NC(=O)CN2CCN(Cc3ccc(C)cc3)CC2)s1. The number of thiophene rings is 1. The summed E-state index contributed by atoms with van der Waals surface area (Å²) in [6, 6.07) is 10.5. The molecule has 2 heterocycles. The van der Waals surface area contributed by atoms with Gasteiger partial charge < -0.3 is 10.1 Å². The molecule has 1 N–H and O–H groups in total. The Hall–Kier alpha value is -2.22. The molecule has 156 valence electrons. The Morgan fingerprint density at radius 2 is 1.76 bits per heavy atom. The lowest BCUT2D eigenvalue weighted by Crippen LogP contribution is -2.48. The van der Waals surface area contributed by atoms with Crippen LogP contribution in [-0.4, -0.2) is 61.5 Å². The lowest BCUT2D eigenvalue weighted by Gasteiger charge is -2.34. The molecule has 0 aliphatic carbocycles. The Morgan fingerprint density at radius 3 is 2.38 bits per heavy atom. The van der Waals surface area contributed by atoms with Crippen LogP contribution in [0.4, 0.5) is 5.00 Å². The topological polar surface area (TPSA) is 61.9 Å². The largest absolute Gasteiger partial charge is 0.465 e. The number of amides is 1. The average molecular weight is 416 g/mol. The Labute approximate surface area is 176 Å². The molecular weight excluding hydrogens is 386 g/mol. The van der Waals surface area contributed by atoms with E-state index in [9.17, 15) is 9.59 Å². The van der Waals surface area contributed by atoms with Crippen molar-refractivity contribution in [1.29, 1.82) is 0 Å². The van der Waals surface area contributed by atoms with Crippen LogP contribution >= 0.6 is 11.3 Å².